The molecule has 1 N–H and O–H groups in total. The van der Waals surface area contributed by atoms with Crippen LogP contribution in [0.4, 0.5) is 0 Å². The van der Waals surface area contributed by atoms with Crippen LogP contribution in [0.2, 0.25) is 0 Å². The lowest BCUT2D eigenvalue weighted by Gasteiger charge is -2.51. The lowest BCUT2D eigenvalue weighted by molar-refractivity contribution is -0.386. The number of carbonyl (C=O) groups is 2. The van der Waals surface area contributed by atoms with Gasteiger partial charge in [-0.25, -0.2) is 9.59 Å². The molecular formula is C68H72O16. The van der Waals surface area contributed by atoms with E-state index < -0.39 is 104 Å². The molecule has 0 spiro atoms. The van der Waals surface area contributed by atoms with Gasteiger partial charge in [0.25, 0.3) is 0 Å². The van der Waals surface area contributed by atoms with Crippen LogP contribution in [-0.4, -0.2) is 123 Å². The van der Waals surface area contributed by atoms with E-state index in [0.717, 1.165) is 27.8 Å². The molecule has 0 amide bonds. The largest absolute Gasteiger partial charge is 0.453 e. The Morgan fingerprint density at radius 2 is 0.726 bits per heavy atom. The van der Waals surface area contributed by atoms with E-state index in [0.29, 0.717) is 0 Å². The minimum atomic E-state index is -1.51. The van der Waals surface area contributed by atoms with Gasteiger partial charge in [-0.05, 0) is 65.9 Å². The van der Waals surface area contributed by atoms with Crippen LogP contribution in [-0.2, 0) is 94.6 Å². The van der Waals surface area contributed by atoms with Gasteiger partial charge in [0.2, 0.25) is 0 Å². The monoisotopic (exact) mass is 1140 g/mol. The molecule has 0 bridgehead atoms. The molecule has 84 heavy (non-hydrogen) atoms. The topological polar surface area (TPSA) is 174 Å². The van der Waals surface area contributed by atoms with Crippen molar-refractivity contribution in [3.63, 3.8) is 0 Å². The molecule has 16 heteroatoms. The highest BCUT2D eigenvalue weighted by Gasteiger charge is 2.57. The number of aliphatic hydroxyl groups excluding tert-OH is 1. The van der Waals surface area contributed by atoms with Gasteiger partial charge in [-0.2, -0.15) is 0 Å². The Labute approximate surface area is 490 Å². The van der Waals surface area contributed by atoms with Gasteiger partial charge in [0.15, 0.2) is 31.1 Å². The first-order valence-corrected chi connectivity index (χ1v) is 28.4. The second kappa shape index (κ2) is 30.2. The van der Waals surface area contributed by atoms with Gasteiger partial charge < -0.3 is 66.7 Å². The van der Waals surface area contributed by atoms with Crippen LogP contribution in [0.1, 0.15) is 62.4 Å². The average molecular weight is 1150 g/mol. The highest BCUT2D eigenvalue weighted by molar-refractivity contribution is 5.90. The number of benzene rings is 7. The van der Waals surface area contributed by atoms with Gasteiger partial charge in [-0.15, -0.1) is 0 Å². The summed E-state index contributed by atoms with van der Waals surface area (Å²) in [4.78, 5) is 28.0. The summed E-state index contributed by atoms with van der Waals surface area (Å²) in [5.74, 6) is -1.33. The minimum absolute atomic E-state index is 0.00551. The number of methoxy groups -OCH3 is 1. The molecule has 3 aliphatic heterocycles. The maximum atomic E-state index is 14.4. The van der Waals surface area contributed by atoms with Gasteiger partial charge >= 0.3 is 11.9 Å². The van der Waals surface area contributed by atoms with Gasteiger partial charge in [0, 0.05) is 7.11 Å². The van der Waals surface area contributed by atoms with E-state index in [2.05, 4.69) is 0 Å². The van der Waals surface area contributed by atoms with Gasteiger partial charge in [-0.1, -0.05) is 188 Å². The molecule has 3 heterocycles. The summed E-state index contributed by atoms with van der Waals surface area (Å²) in [6, 6.07) is 65.3. The molecule has 3 fully saturated rings. The van der Waals surface area contributed by atoms with E-state index >= 15 is 0 Å². The van der Waals surface area contributed by atoms with Crippen LogP contribution >= 0.6 is 0 Å². The lowest BCUT2D eigenvalue weighted by atomic mass is 9.95. The normalized spacial score (nSPS) is 27.8. The van der Waals surface area contributed by atoms with Crippen molar-refractivity contribution in [3.05, 3.63) is 251 Å². The minimum Gasteiger partial charge on any atom is -0.453 e. The zero-order chi connectivity index (χ0) is 58.0. The summed E-state index contributed by atoms with van der Waals surface area (Å²) in [6.07, 6.45) is -17.3. The quantitative estimate of drug-likeness (QED) is 0.0535. The number of ether oxygens (including phenoxy) is 13. The van der Waals surface area contributed by atoms with Crippen molar-refractivity contribution < 1.29 is 76.3 Å². The summed E-state index contributed by atoms with van der Waals surface area (Å²) in [7, 11) is 1.55. The van der Waals surface area contributed by atoms with Crippen LogP contribution in [0.25, 0.3) is 0 Å². The SMILES string of the molecule is CO[C@@H]1O[C@H](COCc2ccccc2)[C@@H](O[C@@H]2O[C@H](C)[C@@H](OC(=O)c3ccccc3)[C@H](O[C@H]3O[C@H](C)[C@@H](OC(=O)c4ccccc4)[C@H](O)[C@@H]3OCc3ccccc3)[C@@H]2OCc2ccccc2)[C@H](OCc2ccccc2)[C@H]1OCc1ccccc1. The molecule has 0 aliphatic carbocycles. The lowest BCUT2D eigenvalue weighted by Crippen LogP contribution is -2.67. The number of esters is 2. The second-order valence-corrected chi connectivity index (χ2v) is 20.9. The van der Waals surface area contributed by atoms with Crippen LogP contribution in [0.3, 0.4) is 0 Å². The molecule has 7 aromatic rings. The van der Waals surface area contributed by atoms with Crippen molar-refractivity contribution in [2.24, 2.45) is 0 Å². The highest BCUT2D eigenvalue weighted by atomic mass is 16.8. The van der Waals surface area contributed by atoms with Crippen molar-refractivity contribution >= 4 is 11.9 Å². The van der Waals surface area contributed by atoms with E-state index in [4.69, 9.17) is 61.6 Å². The number of hydrogen-bond acceptors (Lipinski definition) is 16. The first-order valence-electron chi connectivity index (χ1n) is 28.4. The molecule has 3 aliphatic rings. The first kappa shape index (κ1) is 60.1. The van der Waals surface area contributed by atoms with Crippen LogP contribution in [0, 0.1) is 0 Å². The van der Waals surface area contributed by atoms with Gasteiger partial charge in [0.05, 0.1) is 63.0 Å². The Bertz CT molecular complexity index is 3040. The predicted octanol–water partition coefficient (Wildman–Crippen LogP) is 9.99. The fourth-order valence-electron chi connectivity index (χ4n) is 10.5. The Kier molecular flexibility index (Phi) is 21.6. The van der Waals surface area contributed by atoms with Crippen molar-refractivity contribution in [1.82, 2.24) is 0 Å². The van der Waals surface area contributed by atoms with Crippen molar-refractivity contribution in [2.45, 2.75) is 139 Å². The summed E-state index contributed by atoms with van der Waals surface area (Å²) in [6.45, 7) is 4.02. The molecule has 0 unspecified atom stereocenters. The third-order valence-electron chi connectivity index (χ3n) is 14.9. The van der Waals surface area contributed by atoms with E-state index in [1.165, 1.54) is 0 Å². The maximum Gasteiger partial charge on any atom is 0.338 e. The van der Waals surface area contributed by atoms with Crippen LogP contribution in [0.5, 0.6) is 0 Å². The number of rotatable bonds is 25. The molecular weight excluding hydrogens is 1070 g/mol. The Morgan fingerprint density at radius 3 is 1.17 bits per heavy atom. The molecule has 0 radical (unpaired) electrons. The first-order chi connectivity index (χ1) is 41.2. The third kappa shape index (κ3) is 15.8. The van der Waals surface area contributed by atoms with Crippen molar-refractivity contribution in [1.29, 1.82) is 0 Å². The van der Waals surface area contributed by atoms with E-state index in [-0.39, 0.29) is 50.8 Å². The zero-order valence-electron chi connectivity index (χ0n) is 47.2. The van der Waals surface area contributed by atoms with Crippen LogP contribution < -0.4 is 0 Å². The second-order valence-electron chi connectivity index (χ2n) is 20.9. The smallest absolute Gasteiger partial charge is 0.338 e. The standard InChI is InChI=1S/C68H72O16/c1-45-56(81-64(70)52-35-21-9-22-36-52)55(69)59(74-40-48-27-13-5-14-28-48)67(78-45)84-61-57(82-65(71)53-37-23-10-24-38-53)46(2)79-68(63(61)77-43-51-33-19-8-20-34-51)83-58-54(44-73-39-47-25-11-4-12-26-47)80-66(72-3)62(76-42-50-31-17-7-18-32-50)60(58)75-41-49-29-15-6-16-30-49/h4-38,45-46,54-63,66-69H,39-44H2,1-3H3/t45-,46-,54-,55+,56-,57-,58-,59+,60+,61+,62-,63+,66-,67-,68+/m1/s1. The fourth-order valence-corrected chi connectivity index (χ4v) is 10.5. The molecule has 0 saturated carbocycles. The summed E-state index contributed by atoms with van der Waals surface area (Å²) >= 11 is 0. The summed E-state index contributed by atoms with van der Waals surface area (Å²) < 4.78 is 87.8. The Hall–Kier alpha value is -7.00. The maximum absolute atomic E-state index is 14.4. The van der Waals surface area contributed by atoms with E-state index in [9.17, 15) is 14.7 Å². The molecule has 440 valence electrons. The van der Waals surface area contributed by atoms with Gasteiger partial charge in [0.1, 0.15) is 48.8 Å². The Morgan fingerprint density at radius 1 is 0.381 bits per heavy atom. The number of aliphatic hydroxyl groups is 1. The summed E-state index contributed by atoms with van der Waals surface area (Å²) in [5.41, 5.74) is 4.89. The highest BCUT2D eigenvalue weighted by Crippen LogP contribution is 2.39. The van der Waals surface area contributed by atoms with Crippen LogP contribution in [0.15, 0.2) is 212 Å². The Balaban J connectivity index is 1.04. The third-order valence-corrected chi connectivity index (χ3v) is 14.9. The summed E-state index contributed by atoms with van der Waals surface area (Å²) in [5, 5.41) is 12.5. The molecule has 7 aromatic carbocycles. The molecule has 3 saturated heterocycles. The molecule has 16 nitrogen and oxygen atoms in total. The number of hydrogen-bond donors (Lipinski definition) is 1. The zero-order valence-corrected chi connectivity index (χ0v) is 47.2. The van der Waals surface area contributed by atoms with E-state index in [1.807, 2.05) is 152 Å². The van der Waals surface area contributed by atoms with E-state index in [1.54, 1.807) is 81.6 Å². The van der Waals surface area contributed by atoms with Crippen molar-refractivity contribution in [2.75, 3.05) is 13.7 Å². The van der Waals surface area contributed by atoms with Crippen molar-refractivity contribution in [3.8, 4) is 0 Å². The molecule has 0 aromatic heterocycles. The van der Waals surface area contributed by atoms with Gasteiger partial charge in [-0.3, -0.25) is 0 Å². The molecule has 15 atom stereocenters. The fraction of sp³-hybridized carbons (Fsp3) is 0.353. The number of carbonyl (C=O) groups excluding carboxylic acids is 2. The predicted molar refractivity (Wildman–Crippen MR) is 308 cm³/mol. The molecule has 10 rings (SSSR count). The average Bonchev–Trinajstić information content (AvgIpc) is 2.85.